The van der Waals surface area contributed by atoms with E-state index in [1.54, 1.807) is 6.07 Å². The van der Waals surface area contributed by atoms with Gasteiger partial charge in [-0.1, -0.05) is 0 Å². The third-order valence-corrected chi connectivity index (χ3v) is 5.40. The molecule has 4 rings (SSSR count). The van der Waals surface area contributed by atoms with Crippen molar-refractivity contribution in [2.24, 2.45) is 0 Å². The van der Waals surface area contributed by atoms with Crippen molar-refractivity contribution in [3.05, 3.63) is 47.3 Å². The summed E-state index contributed by atoms with van der Waals surface area (Å²) in [5.74, 6) is 1.26. The Labute approximate surface area is 152 Å². The monoisotopic (exact) mass is 357 g/mol. The molecule has 1 aromatic carbocycles. The molecule has 5 nitrogen and oxygen atoms in total. The molecule has 0 spiro atoms. The Hall–Kier alpha value is -2.37. The minimum atomic E-state index is -0.506. The first kappa shape index (κ1) is 17.1. The number of benzene rings is 1. The minimum Gasteiger partial charge on any atom is -0.494 e. The van der Waals surface area contributed by atoms with Gasteiger partial charge in [0, 0.05) is 36.5 Å². The Kier molecular flexibility index (Phi) is 4.42. The number of likely N-dealkylation sites (tertiary alicyclic amines) is 1. The Morgan fingerprint density at radius 3 is 2.81 bits per heavy atom. The number of hydrogen-bond donors (Lipinski definition) is 0. The molecule has 2 heterocycles. The molecule has 0 radical (unpaired) electrons. The molecule has 1 atom stereocenters. The zero-order valence-corrected chi connectivity index (χ0v) is 15.2. The van der Waals surface area contributed by atoms with Gasteiger partial charge in [0.2, 0.25) is 0 Å². The van der Waals surface area contributed by atoms with Gasteiger partial charge in [-0.3, -0.25) is 4.79 Å². The molecular formula is C20H24FN3O2. The van der Waals surface area contributed by atoms with Crippen LogP contribution in [0.2, 0.25) is 0 Å². The van der Waals surface area contributed by atoms with Crippen LogP contribution in [0.4, 0.5) is 4.39 Å². The molecule has 2 aromatic rings. The first-order chi connectivity index (χ1) is 12.6. The molecule has 1 aliphatic heterocycles. The third-order valence-electron chi connectivity index (χ3n) is 5.40. The summed E-state index contributed by atoms with van der Waals surface area (Å²) in [5.41, 5.74) is 1.52. The first-order valence-corrected chi connectivity index (χ1v) is 9.25. The normalized spacial score (nSPS) is 20.3. The van der Waals surface area contributed by atoms with Gasteiger partial charge < -0.3 is 14.2 Å². The molecule has 1 aliphatic carbocycles. The predicted molar refractivity (Wildman–Crippen MR) is 96.1 cm³/mol. The molecule has 1 amide bonds. The number of ether oxygens (including phenoxy) is 1. The smallest absolute Gasteiger partial charge is 0.254 e. The maximum Gasteiger partial charge on any atom is 0.254 e. The lowest BCUT2D eigenvalue weighted by atomic mass is 10.0. The molecule has 138 valence electrons. The Bertz CT molecular complexity index is 828. The van der Waals surface area contributed by atoms with Crippen LogP contribution in [0.3, 0.4) is 0 Å². The number of carbonyl (C=O) groups excluding carboxylic acids is 1. The van der Waals surface area contributed by atoms with Gasteiger partial charge in [-0.25, -0.2) is 9.37 Å². The molecule has 6 heteroatoms. The number of halogens is 1. The zero-order chi connectivity index (χ0) is 18.3. The van der Waals surface area contributed by atoms with Crippen molar-refractivity contribution in [2.75, 3.05) is 20.2 Å². The third kappa shape index (κ3) is 3.08. The number of methoxy groups -OCH3 is 1. The predicted octanol–water partition coefficient (Wildman–Crippen LogP) is 3.69. The Morgan fingerprint density at radius 2 is 2.12 bits per heavy atom. The maximum absolute atomic E-state index is 14.0. The van der Waals surface area contributed by atoms with Crippen LogP contribution >= 0.6 is 0 Å². The van der Waals surface area contributed by atoms with Crippen molar-refractivity contribution in [1.82, 2.24) is 14.5 Å². The van der Waals surface area contributed by atoms with Gasteiger partial charge in [-0.2, -0.15) is 0 Å². The largest absolute Gasteiger partial charge is 0.494 e. The molecule has 2 aliphatic rings. The van der Waals surface area contributed by atoms with Crippen molar-refractivity contribution in [2.45, 2.75) is 44.6 Å². The molecule has 1 unspecified atom stereocenters. The first-order valence-electron chi connectivity index (χ1n) is 9.25. The quantitative estimate of drug-likeness (QED) is 0.838. The summed E-state index contributed by atoms with van der Waals surface area (Å²) < 4.78 is 21.2. The zero-order valence-electron chi connectivity index (χ0n) is 15.2. The van der Waals surface area contributed by atoms with Crippen LogP contribution in [0.25, 0.3) is 0 Å². The number of aromatic nitrogens is 2. The SMILES string of the molecule is COc1ccc(C(=O)N2CCCC(n3c(C)cnc3C3CC3)C2)cc1F. The van der Waals surface area contributed by atoms with Gasteiger partial charge in [0.05, 0.1) is 13.2 Å². The summed E-state index contributed by atoms with van der Waals surface area (Å²) in [7, 11) is 1.42. The van der Waals surface area contributed by atoms with Gasteiger partial charge in [0.1, 0.15) is 5.82 Å². The highest BCUT2D eigenvalue weighted by atomic mass is 19.1. The van der Waals surface area contributed by atoms with Crippen molar-refractivity contribution in [1.29, 1.82) is 0 Å². The lowest BCUT2D eigenvalue weighted by Gasteiger charge is -2.35. The summed E-state index contributed by atoms with van der Waals surface area (Å²) in [6.45, 7) is 3.43. The standard InChI is InChI=1S/C20H24FN3O2/c1-13-11-22-19(14-5-6-14)24(13)16-4-3-9-23(12-16)20(25)15-7-8-18(26-2)17(21)10-15/h7-8,10-11,14,16H,3-6,9,12H2,1-2H3. The Balaban J connectivity index is 1.54. The van der Waals surface area contributed by atoms with E-state index in [9.17, 15) is 9.18 Å². The molecule has 1 aromatic heterocycles. The summed E-state index contributed by atoms with van der Waals surface area (Å²) in [6, 6.07) is 4.65. The van der Waals surface area contributed by atoms with Gasteiger partial charge in [-0.15, -0.1) is 0 Å². The number of rotatable bonds is 4. The highest BCUT2D eigenvalue weighted by molar-refractivity contribution is 5.94. The van der Waals surface area contributed by atoms with Crippen LogP contribution in [0.1, 0.15) is 59.5 Å². The van der Waals surface area contributed by atoms with Crippen molar-refractivity contribution >= 4 is 5.91 Å². The molecule has 1 saturated carbocycles. The maximum atomic E-state index is 14.0. The summed E-state index contributed by atoms with van der Waals surface area (Å²) in [6.07, 6.45) is 6.33. The van der Waals surface area contributed by atoms with Crippen LogP contribution in [-0.4, -0.2) is 40.6 Å². The molecular weight excluding hydrogens is 333 g/mol. The van der Waals surface area contributed by atoms with E-state index in [1.807, 2.05) is 11.1 Å². The van der Waals surface area contributed by atoms with Crippen LogP contribution < -0.4 is 4.74 Å². The van der Waals surface area contributed by atoms with Gasteiger partial charge >= 0.3 is 0 Å². The highest BCUT2D eigenvalue weighted by Crippen LogP contribution is 2.41. The van der Waals surface area contributed by atoms with Crippen molar-refractivity contribution in [3.8, 4) is 5.75 Å². The lowest BCUT2D eigenvalue weighted by molar-refractivity contribution is 0.0676. The number of aryl methyl sites for hydroxylation is 1. The molecule has 2 fully saturated rings. The number of piperidine rings is 1. The fourth-order valence-electron chi connectivity index (χ4n) is 3.92. The average molecular weight is 357 g/mol. The fraction of sp³-hybridized carbons (Fsp3) is 0.500. The fourth-order valence-corrected chi connectivity index (χ4v) is 3.92. The summed E-state index contributed by atoms with van der Waals surface area (Å²) in [5, 5.41) is 0. The van der Waals surface area contributed by atoms with E-state index in [4.69, 9.17) is 4.74 Å². The van der Waals surface area contributed by atoms with E-state index >= 15 is 0 Å². The lowest BCUT2D eigenvalue weighted by Crippen LogP contribution is -2.41. The minimum absolute atomic E-state index is 0.123. The number of nitrogens with zero attached hydrogens (tertiary/aromatic N) is 3. The summed E-state index contributed by atoms with van der Waals surface area (Å²) in [4.78, 5) is 19.3. The Morgan fingerprint density at radius 1 is 1.31 bits per heavy atom. The van der Waals surface area contributed by atoms with Crippen molar-refractivity contribution < 1.29 is 13.9 Å². The van der Waals surface area contributed by atoms with E-state index < -0.39 is 5.82 Å². The van der Waals surface area contributed by atoms with Crippen LogP contribution in [-0.2, 0) is 0 Å². The second-order valence-electron chi connectivity index (χ2n) is 7.30. The number of carbonyl (C=O) groups is 1. The molecule has 0 bridgehead atoms. The molecule has 1 saturated heterocycles. The molecule has 26 heavy (non-hydrogen) atoms. The number of amides is 1. The van der Waals surface area contributed by atoms with Gasteiger partial charge in [-0.05, 0) is 50.8 Å². The van der Waals surface area contributed by atoms with E-state index in [1.165, 1.54) is 32.1 Å². The van der Waals surface area contributed by atoms with Crippen LogP contribution in [0.5, 0.6) is 5.75 Å². The highest BCUT2D eigenvalue weighted by Gasteiger charge is 2.33. The van der Waals surface area contributed by atoms with E-state index in [-0.39, 0.29) is 17.7 Å². The van der Waals surface area contributed by atoms with E-state index in [0.29, 0.717) is 24.6 Å². The van der Waals surface area contributed by atoms with Crippen molar-refractivity contribution in [3.63, 3.8) is 0 Å². The van der Waals surface area contributed by atoms with Crippen LogP contribution in [0.15, 0.2) is 24.4 Å². The second-order valence-corrected chi connectivity index (χ2v) is 7.30. The summed E-state index contributed by atoms with van der Waals surface area (Å²) >= 11 is 0. The molecule has 0 N–H and O–H groups in total. The average Bonchev–Trinajstić information content (AvgIpc) is 3.43. The number of imidazole rings is 1. The van der Waals surface area contributed by atoms with E-state index in [2.05, 4.69) is 16.5 Å². The topological polar surface area (TPSA) is 47.4 Å². The van der Waals surface area contributed by atoms with Gasteiger partial charge in [0.15, 0.2) is 11.6 Å². The van der Waals surface area contributed by atoms with E-state index in [0.717, 1.165) is 24.4 Å². The number of hydrogen-bond acceptors (Lipinski definition) is 3. The van der Waals surface area contributed by atoms with Gasteiger partial charge in [0.25, 0.3) is 5.91 Å². The second kappa shape index (κ2) is 6.74. The van der Waals surface area contributed by atoms with Crippen LogP contribution in [0, 0.1) is 12.7 Å².